The third-order valence-corrected chi connectivity index (χ3v) is 6.93. The van der Waals surface area contributed by atoms with Crippen molar-refractivity contribution in [1.82, 2.24) is 0 Å². The molecule has 0 amide bonds. The minimum atomic E-state index is -0.699. The molecule has 180 valence electrons. The molecule has 1 aliphatic carbocycles. The average molecular weight is 491 g/mol. The summed E-state index contributed by atoms with van der Waals surface area (Å²) >= 11 is 6.84. The predicted octanol–water partition coefficient (Wildman–Crippen LogP) is 3.63. The van der Waals surface area contributed by atoms with Gasteiger partial charge >= 0.3 is 11.9 Å². The van der Waals surface area contributed by atoms with E-state index in [0.717, 1.165) is 0 Å². The van der Waals surface area contributed by atoms with Crippen molar-refractivity contribution in [3.63, 3.8) is 0 Å². The lowest BCUT2D eigenvalue weighted by Gasteiger charge is -2.38. The molecular formula is C24H23ClO9. The second-order valence-corrected chi connectivity index (χ2v) is 8.59. The standard InChI is InChI=1S/C24H23ClO9/c1-10(26)34-21-12-6-16-15(32-9-33-16)5-11(12)18(19-14(21)8-31-24(19)27)13-7-17(28-2)22(29-3)23(30-4)20(13)25/h5-7,14,18-19,21H,8-9H2,1-4H3/t14-,18-,19-,21?/m0/s1. The number of esters is 2. The molecule has 0 aromatic heterocycles. The van der Waals surface area contributed by atoms with Crippen LogP contribution in [0.25, 0.3) is 0 Å². The number of halogens is 1. The van der Waals surface area contributed by atoms with E-state index in [2.05, 4.69) is 0 Å². The minimum Gasteiger partial charge on any atom is -0.493 e. The lowest BCUT2D eigenvalue weighted by Crippen LogP contribution is -2.36. The Morgan fingerprint density at radius 1 is 0.941 bits per heavy atom. The fraction of sp³-hybridized carbons (Fsp3) is 0.417. The Morgan fingerprint density at radius 2 is 1.62 bits per heavy atom. The van der Waals surface area contributed by atoms with Gasteiger partial charge in [-0.05, 0) is 29.3 Å². The van der Waals surface area contributed by atoms with E-state index in [4.69, 9.17) is 44.8 Å². The van der Waals surface area contributed by atoms with Gasteiger partial charge in [-0.3, -0.25) is 9.59 Å². The van der Waals surface area contributed by atoms with Gasteiger partial charge in [-0.25, -0.2) is 0 Å². The molecule has 0 bridgehead atoms. The zero-order valence-electron chi connectivity index (χ0n) is 19.0. The fourth-order valence-electron chi connectivity index (χ4n) is 5.18. The highest BCUT2D eigenvalue weighted by Gasteiger charge is 2.54. The van der Waals surface area contributed by atoms with Gasteiger partial charge in [-0.1, -0.05) is 11.6 Å². The molecule has 10 heteroatoms. The van der Waals surface area contributed by atoms with Crippen molar-refractivity contribution in [2.24, 2.45) is 11.8 Å². The van der Waals surface area contributed by atoms with Crippen LogP contribution in [0.15, 0.2) is 18.2 Å². The summed E-state index contributed by atoms with van der Waals surface area (Å²) in [6, 6.07) is 5.33. The Balaban J connectivity index is 1.79. The molecule has 0 N–H and O–H groups in total. The summed E-state index contributed by atoms with van der Waals surface area (Å²) in [5.74, 6) is -0.440. The van der Waals surface area contributed by atoms with E-state index >= 15 is 0 Å². The summed E-state index contributed by atoms with van der Waals surface area (Å²) in [5.41, 5.74) is 2.01. The van der Waals surface area contributed by atoms with E-state index in [-0.39, 0.29) is 24.2 Å². The zero-order chi connectivity index (χ0) is 24.1. The number of carbonyl (C=O) groups excluding carboxylic acids is 2. The van der Waals surface area contributed by atoms with Gasteiger partial charge < -0.3 is 33.2 Å². The van der Waals surface area contributed by atoms with Crippen LogP contribution >= 0.6 is 11.6 Å². The van der Waals surface area contributed by atoms with Gasteiger partial charge in [0.25, 0.3) is 0 Å². The molecule has 2 heterocycles. The van der Waals surface area contributed by atoms with E-state index in [1.54, 1.807) is 18.2 Å². The van der Waals surface area contributed by atoms with Gasteiger partial charge in [-0.2, -0.15) is 0 Å². The first-order chi connectivity index (χ1) is 16.4. The summed E-state index contributed by atoms with van der Waals surface area (Å²) in [5, 5.41) is 0.276. The third-order valence-electron chi connectivity index (χ3n) is 6.54. The Labute approximate surface area is 200 Å². The summed E-state index contributed by atoms with van der Waals surface area (Å²) < 4.78 is 38.9. The van der Waals surface area contributed by atoms with Gasteiger partial charge in [0.05, 0.1) is 38.9 Å². The van der Waals surface area contributed by atoms with E-state index in [1.165, 1.54) is 28.3 Å². The van der Waals surface area contributed by atoms with Crippen molar-refractivity contribution in [3.8, 4) is 28.7 Å². The van der Waals surface area contributed by atoms with Crippen LogP contribution < -0.4 is 23.7 Å². The molecule has 4 atom stereocenters. The second kappa shape index (κ2) is 8.47. The van der Waals surface area contributed by atoms with E-state index < -0.39 is 35.8 Å². The normalized spacial score (nSPS) is 24.1. The van der Waals surface area contributed by atoms with Crippen molar-refractivity contribution in [3.05, 3.63) is 39.9 Å². The van der Waals surface area contributed by atoms with Crippen molar-refractivity contribution in [1.29, 1.82) is 0 Å². The van der Waals surface area contributed by atoms with Gasteiger partial charge in [0.2, 0.25) is 12.5 Å². The lowest BCUT2D eigenvalue weighted by atomic mass is 9.66. The minimum absolute atomic E-state index is 0.0704. The highest BCUT2D eigenvalue weighted by atomic mass is 35.5. The Kier molecular flexibility index (Phi) is 5.59. The number of hydrogen-bond donors (Lipinski definition) is 0. The molecule has 1 saturated heterocycles. The van der Waals surface area contributed by atoms with Crippen molar-refractivity contribution < 1.29 is 42.7 Å². The number of hydrogen-bond acceptors (Lipinski definition) is 9. The van der Waals surface area contributed by atoms with Crippen LogP contribution in [0.3, 0.4) is 0 Å². The van der Waals surface area contributed by atoms with Crippen LogP contribution in [0.1, 0.15) is 35.6 Å². The molecule has 3 aliphatic rings. The number of ether oxygens (including phenoxy) is 7. The molecule has 0 radical (unpaired) electrons. The highest BCUT2D eigenvalue weighted by Crippen LogP contribution is 2.58. The second-order valence-electron chi connectivity index (χ2n) is 8.21. The van der Waals surface area contributed by atoms with Crippen molar-refractivity contribution in [2.75, 3.05) is 34.7 Å². The molecule has 0 saturated carbocycles. The van der Waals surface area contributed by atoms with Crippen LogP contribution in [0.5, 0.6) is 28.7 Å². The van der Waals surface area contributed by atoms with Gasteiger partial charge in [0.1, 0.15) is 6.10 Å². The molecule has 2 aliphatic heterocycles. The Bertz CT molecular complexity index is 1180. The number of fused-ring (bicyclic) bond motifs is 3. The van der Waals surface area contributed by atoms with Crippen LogP contribution in [-0.4, -0.2) is 46.7 Å². The third kappa shape index (κ3) is 3.29. The first-order valence-electron chi connectivity index (χ1n) is 10.6. The smallest absolute Gasteiger partial charge is 0.310 e. The maximum absolute atomic E-state index is 13.1. The van der Waals surface area contributed by atoms with Crippen LogP contribution in [0, 0.1) is 11.8 Å². The highest BCUT2D eigenvalue weighted by molar-refractivity contribution is 6.33. The summed E-state index contributed by atoms with van der Waals surface area (Å²) in [7, 11) is 4.47. The number of benzene rings is 2. The van der Waals surface area contributed by atoms with Gasteiger partial charge in [0, 0.05) is 24.3 Å². The largest absolute Gasteiger partial charge is 0.493 e. The maximum Gasteiger partial charge on any atom is 0.310 e. The maximum atomic E-state index is 13.1. The Morgan fingerprint density at radius 3 is 2.24 bits per heavy atom. The SMILES string of the molecule is COc1cc([C@@H]2c3cc4c(cc3C(OC(C)=O)[C@H]3COC(=O)[C@H]23)OCO4)c(Cl)c(OC)c1OC. The summed E-state index contributed by atoms with van der Waals surface area (Å²) in [6.07, 6.45) is -0.699. The van der Waals surface area contributed by atoms with Crippen LogP contribution in [0.4, 0.5) is 0 Å². The first-order valence-corrected chi connectivity index (χ1v) is 11.0. The topological polar surface area (TPSA) is 98.8 Å². The van der Waals surface area contributed by atoms with Gasteiger partial charge in [-0.15, -0.1) is 0 Å². The number of rotatable bonds is 5. The van der Waals surface area contributed by atoms with E-state index in [9.17, 15) is 9.59 Å². The average Bonchev–Trinajstić information content (AvgIpc) is 3.44. The van der Waals surface area contributed by atoms with Crippen molar-refractivity contribution >= 4 is 23.5 Å². The monoisotopic (exact) mass is 490 g/mol. The van der Waals surface area contributed by atoms with Gasteiger partial charge in [0.15, 0.2) is 23.0 Å². The Hall–Kier alpha value is -3.33. The molecule has 34 heavy (non-hydrogen) atoms. The molecule has 0 spiro atoms. The molecule has 5 rings (SSSR count). The molecule has 2 aromatic rings. The molecule has 1 fully saturated rings. The van der Waals surface area contributed by atoms with Crippen LogP contribution in [0.2, 0.25) is 5.02 Å². The first kappa shape index (κ1) is 22.5. The number of methoxy groups -OCH3 is 3. The molecule has 9 nitrogen and oxygen atoms in total. The number of cyclic esters (lactones) is 1. The summed E-state index contributed by atoms with van der Waals surface area (Å²) in [4.78, 5) is 25.1. The fourth-order valence-corrected chi connectivity index (χ4v) is 5.52. The quantitative estimate of drug-likeness (QED) is 0.581. The molecule has 2 aromatic carbocycles. The molecule has 1 unspecified atom stereocenters. The zero-order valence-corrected chi connectivity index (χ0v) is 19.8. The predicted molar refractivity (Wildman–Crippen MR) is 118 cm³/mol. The number of carbonyl (C=O) groups is 2. The lowest BCUT2D eigenvalue weighted by molar-refractivity contribution is -0.152. The van der Waals surface area contributed by atoms with Crippen LogP contribution in [-0.2, 0) is 19.1 Å². The van der Waals surface area contributed by atoms with E-state index in [0.29, 0.717) is 39.7 Å². The van der Waals surface area contributed by atoms with Crippen molar-refractivity contribution in [2.45, 2.75) is 18.9 Å². The van der Waals surface area contributed by atoms with E-state index in [1.807, 2.05) is 0 Å². The summed E-state index contributed by atoms with van der Waals surface area (Å²) in [6.45, 7) is 1.51. The molecular weight excluding hydrogens is 468 g/mol.